The third-order valence-corrected chi connectivity index (χ3v) is 5.97. The Bertz CT molecular complexity index is 1110. The Morgan fingerprint density at radius 1 is 1.15 bits per heavy atom. The lowest BCUT2D eigenvalue weighted by molar-refractivity contribution is -0.121. The van der Waals surface area contributed by atoms with Gasteiger partial charge in [0, 0.05) is 44.1 Å². The first-order valence-electron chi connectivity index (χ1n) is 11.5. The number of anilines is 1. The number of amides is 1. The van der Waals surface area contributed by atoms with E-state index in [4.69, 9.17) is 19.0 Å². The van der Waals surface area contributed by atoms with Crippen molar-refractivity contribution in [1.82, 2.24) is 20.4 Å². The number of ether oxygens (including phenoxy) is 2. The Hall–Kier alpha value is -3.36. The lowest BCUT2D eigenvalue weighted by atomic mass is 10.1. The largest absolute Gasteiger partial charge is 0.497 e. The molecule has 0 atom stereocenters. The van der Waals surface area contributed by atoms with Crippen molar-refractivity contribution < 1.29 is 18.8 Å². The van der Waals surface area contributed by atoms with E-state index in [1.807, 2.05) is 19.1 Å². The highest BCUT2D eigenvalue weighted by Gasteiger charge is 2.22. The molecule has 0 spiro atoms. The molecule has 9 heteroatoms. The second kappa shape index (κ2) is 10.5. The van der Waals surface area contributed by atoms with Gasteiger partial charge in [-0.15, -0.1) is 0 Å². The lowest BCUT2D eigenvalue weighted by Crippen LogP contribution is -2.31. The van der Waals surface area contributed by atoms with Crippen LogP contribution in [0.15, 0.2) is 22.7 Å². The standard InChI is InChI=1S/C24H31N5O4/c1-4-18-22-23(29-12-6-5-7-13-29)26-20(27-24(22)33-28-18)10-11-21(30)25-15-16-8-9-17(31-2)14-19(16)32-3/h8-9,14H,4-7,10-13,15H2,1-3H3,(H,25,30). The van der Waals surface area contributed by atoms with E-state index in [0.29, 0.717) is 36.0 Å². The van der Waals surface area contributed by atoms with Gasteiger partial charge in [-0.2, -0.15) is 4.98 Å². The summed E-state index contributed by atoms with van der Waals surface area (Å²) in [6.07, 6.45) is 4.98. The Kier molecular flexibility index (Phi) is 7.26. The maximum absolute atomic E-state index is 12.5. The van der Waals surface area contributed by atoms with Crippen molar-refractivity contribution >= 4 is 22.8 Å². The van der Waals surface area contributed by atoms with Crippen LogP contribution in [0.2, 0.25) is 0 Å². The minimum atomic E-state index is -0.0806. The maximum atomic E-state index is 12.5. The minimum Gasteiger partial charge on any atom is -0.497 e. The molecule has 0 unspecified atom stereocenters. The van der Waals surface area contributed by atoms with Crippen molar-refractivity contribution in [1.29, 1.82) is 0 Å². The third kappa shape index (κ3) is 5.18. The van der Waals surface area contributed by atoms with Crippen LogP contribution in [0.1, 0.15) is 49.7 Å². The molecule has 0 aliphatic carbocycles. The number of nitrogens with one attached hydrogen (secondary N) is 1. The van der Waals surface area contributed by atoms with E-state index in [1.54, 1.807) is 20.3 Å². The fourth-order valence-electron chi connectivity index (χ4n) is 4.13. The number of piperidine rings is 1. The van der Waals surface area contributed by atoms with Gasteiger partial charge in [0.1, 0.15) is 28.5 Å². The summed E-state index contributed by atoms with van der Waals surface area (Å²) in [5.74, 6) is 2.78. The van der Waals surface area contributed by atoms with Crippen molar-refractivity contribution in [2.24, 2.45) is 0 Å². The Labute approximate surface area is 193 Å². The highest BCUT2D eigenvalue weighted by Crippen LogP contribution is 2.30. The number of hydrogen-bond donors (Lipinski definition) is 1. The molecule has 1 saturated heterocycles. The second-order valence-corrected chi connectivity index (χ2v) is 8.13. The molecule has 33 heavy (non-hydrogen) atoms. The second-order valence-electron chi connectivity index (χ2n) is 8.13. The molecule has 0 bridgehead atoms. The molecule has 4 rings (SSSR count). The first-order chi connectivity index (χ1) is 16.1. The molecule has 1 amide bonds. The van der Waals surface area contributed by atoms with Gasteiger partial charge < -0.3 is 24.2 Å². The van der Waals surface area contributed by atoms with E-state index in [-0.39, 0.29) is 12.3 Å². The average molecular weight is 454 g/mol. The van der Waals surface area contributed by atoms with Crippen LogP contribution in [0.3, 0.4) is 0 Å². The summed E-state index contributed by atoms with van der Waals surface area (Å²) in [4.78, 5) is 24.2. The first-order valence-corrected chi connectivity index (χ1v) is 11.5. The number of rotatable bonds is 9. The van der Waals surface area contributed by atoms with E-state index < -0.39 is 0 Å². The van der Waals surface area contributed by atoms with Crippen LogP contribution >= 0.6 is 0 Å². The summed E-state index contributed by atoms with van der Waals surface area (Å²) in [5.41, 5.74) is 2.26. The molecular formula is C24H31N5O4. The van der Waals surface area contributed by atoms with Crippen LogP contribution in [0.25, 0.3) is 11.1 Å². The van der Waals surface area contributed by atoms with Gasteiger partial charge in [0.05, 0.1) is 19.9 Å². The molecule has 1 aliphatic rings. The van der Waals surface area contributed by atoms with Gasteiger partial charge in [-0.3, -0.25) is 4.79 Å². The van der Waals surface area contributed by atoms with E-state index >= 15 is 0 Å². The van der Waals surface area contributed by atoms with Crippen molar-refractivity contribution in [3.63, 3.8) is 0 Å². The number of carbonyl (C=O) groups is 1. The summed E-state index contributed by atoms with van der Waals surface area (Å²) in [5, 5.41) is 8.04. The number of aryl methyl sites for hydroxylation is 2. The molecule has 1 N–H and O–H groups in total. The number of carbonyl (C=O) groups excluding carboxylic acids is 1. The van der Waals surface area contributed by atoms with Gasteiger partial charge in [0.15, 0.2) is 0 Å². The predicted molar refractivity (Wildman–Crippen MR) is 125 cm³/mol. The van der Waals surface area contributed by atoms with Crippen molar-refractivity contribution in [2.75, 3.05) is 32.2 Å². The molecule has 0 saturated carbocycles. The summed E-state index contributed by atoms with van der Waals surface area (Å²) in [7, 11) is 3.20. The molecule has 2 aromatic heterocycles. The van der Waals surface area contributed by atoms with Gasteiger partial charge in [0.2, 0.25) is 5.91 Å². The number of fused-ring (bicyclic) bond motifs is 1. The van der Waals surface area contributed by atoms with Crippen LogP contribution in [-0.4, -0.2) is 48.3 Å². The average Bonchev–Trinajstić information content (AvgIpc) is 3.29. The summed E-state index contributed by atoms with van der Waals surface area (Å²) < 4.78 is 16.1. The van der Waals surface area contributed by atoms with Gasteiger partial charge in [0.25, 0.3) is 5.71 Å². The topological polar surface area (TPSA) is 103 Å². The number of hydrogen-bond acceptors (Lipinski definition) is 8. The zero-order valence-corrected chi connectivity index (χ0v) is 19.5. The number of benzene rings is 1. The molecule has 1 fully saturated rings. The van der Waals surface area contributed by atoms with E-state index in [2.05, 4.69) is 20.4 Å². The number of methoxy groups -OCH3 is 2. The fourth-order valence-corrected chi connectivity index (χ4v) is 4.13. The van der Waals surface area contributed by atoms with Gasteiger partial charge >= 0.3 is 0 Å². The molecule has 0 radical (unpaired) electrons. The zero-order chi connectivity index (χ0) is 23.2. The normalized spacial score (nSPS) is 13.8. The summed E-state index contributed by atoms with van der Waals surface area (Å²) in [6.45, 7) is 4.34. The van der Waals surface area contributed by atoms with Crippen molar-refractivity contribution in [3.05, 3.63) is 35.3 Å². The van der Waals surface area contributed by atoms with Crippen LogP contribution in [-0.2, 0) is 24.2 Å². The monoisotopic (exact) mass is 453 g/mol. The molecule has 1 aromatic carbocycles. The third-order valence-electron chi connectivity index (χ3n) is 5.97. The number of aromatic nitrogens is 3. The lowest BCUT2D eigenvalue weighted by Gasteiger charge is -2.28. The summed E-state index contributed by atoms with van der Waals surface area (Å²) >= 11 is 0. The number of nitrogens with zero attached hydrogens (tertiary/aromatic N) is 4. The quantitative estimate of drug-likeness (QED) is 0.526. The fraction of sp³-hybridized carbons (Fsp3) is 0.500. The van der Waals surface area contributed by atoms with Crippen molar-refractivity contribution in [3.8, 4) is 11.5 Å². The molecular weight excluding hydrogens is 422 g/mol. The van der Waals surface area contributed by atoms with Crippen LogP contribution in [0.5, 0.6) is 11.5 Å². The molecule has 1 aliphatic heterocycles. The Morgan fingerprint density at radius 2 is 1.97 bits per heavy atom. The highest BCUT2D eigenvalue weighted by molar-refractivity contribution is 5.88. The minimum absolute atomic E-state index is 0.0806. The van der Waals surface area contributed by atoms with E-state index in [9.17, 15) is 4.79 Å². The SMILES string of the molecule is CCc1noc2nc(CCC(=O)NCc3ccc(OC)cc3OC)nc(N3CCCCC3)c12. The molecule has 9 nitrogen and oxygen atoms in total. The van der Waals surface area contributed by atoms with Crippen LogP contribution < -0.4 is 19.7 Å². The van der Waals surface area contributed by atoms with Crippen molar-refractivity contribution in [2.45, 2.75) is 52.0 Å². The maximum Gasteiger partial charge on any atom is 0.263 e. The van der Waals surface area contributed by atoms with Gasteiger partial charge in [-0.05, 0) is 37.8 Å². The first kappa shape index (κ1) is 22.8. The molecule has 3 aromatic rings. The predicted octanol–water partition coefficient (Wildman–Crippen LogP) is 3.44. The summed E-state index contributed by atoms with van der Waals surface area (Å²) in [6, 6.07) is 5.53. The smallest absolute Gasteiger partial charge is 0.263 e. The zero-order valence-electron chi connectivity index (χ0n) is 19.5. The van der Waals surface area contributed by atoms with E-state index in [0.717, 1.165) is 54.8 Å². The van der Waals surface area contributed by atoms with Crippen LogP contribution in [0.4, 0.5) is 5.82 Å². The van der Waals surface area contributed by atoms with Gasteiger partial charge in [-0.1, -0.05) is 12.1 Å². The van der Waals surface area contributed by atoms with E-state index in [1.165, 1.54) is 6.42 Å². The molecule has 176 valence electrons. The Morgan fingerprint density at radius 3 is 2.70 bits per heavy atom. The highest BCUT2D eigenvalue weighted by atomic mass is 16.5. The van der Waals surface area contributed by atoms with Gasteiger partial charge in [-0.25, -0.2) is 4.98 Å². The van der Waals surface area contributed by atoms with Crippen LogP contribution in [0, 0.1) is 0 Å². The molecule has 3 heterocycles. The Balaban J connectivity index is 1.44.